The Morgan fingerprint density at radius 3 is 2.20 bits per heavy atom. The van der Waals surface area contributed by atoms with E-state index >= 15 is 0 Å². The van der Waals surface area contributed by atoms with Gasteiger partial charge in [-0.05, 0) is 35.1 Å². The molecule has 0 saturated heterocycles. The second kappa shape index (κ2) is 6.40. The van der Waals surface area contributed by atoms with Gasteiger partial charge in [0.15, 0.2) is 0 Å². The highest BCUT2D eigenvalue weighted by Gasteiger charge is 2.12. The zero-order valence-corrected chi connectivity index (χ0v) is 14.1. The second-order valence-electron chi connectivity index (χ2n) is 6.31. The highest BCUT2D eigenvalue weighted by molar-refractivity contribution is 5.88. The van der Waals surface area contributed by atoms with Crippen molar-refractivity contribution in [1.29, 1.82) is 0 Å². The highest BCUT2D eigenvalue weighted by Crippen LogP contribution is 2.24. The lowest BCUT2D eigenvalue weighted by atomic mass is 10.0. The van der Waals surface area contributed by atoms with Gasteiger partial charge in [0.1, 0.15) is 0 Å². The number of nitrogens with zero attached hydrogens (tertiary/aromatic N) is 1. The molecule has 122 valence electrons. The van der Waals surface area contributed by atoms with Crippen LogP contribution in [-0.2, 0) is 6.54 Å². The van der Waals surface area contributed by atoms with Gasteiger partial charge in [-0.3, -0.25) is 4.79 Å². The number of fused-ring (bicyclic) bond motifs is 1. The molecule has 2 heteroatoms. The van der Waals surface area contributed by atoms with Crippen molar-refractivity contribution in [3.05, 3.63) is 106 Å². The van der Waals surface area contributed by atoms with Gasteiger partial charge in [0, 0.05) is 0 Å². The van der Waals surface area contributed by atoms with E-state index < -0.39 is 0 Å². The number of benzene rings is 3. The number of hydrogen-bond acceptors (Lipinski definition) is 1. The molecule has 2 nitrogen and oxygen atoms in total. The SMILES string of the molecule is Cc1cccc2cc(-c3ccccc3)n(Cc3ccccc3)c(=O)c12. The Bertz CT molecular complexity index is 1080. The van der Waals surface area contributed by atoms with Gasteiger partial charge in [-0.25, -0.2) is 0 Å². The molecule has 3 aromatic carbocycles. The average molecular weight is 325 g/mol. The van der Waals surface area contributed by atoms with Crippen molar-refractivity contribution < 1.29 is 0 Å². The van der Waals surface area contributed by atoms with E-state index in [0.29, 0.717) is 6.54 Å². The summed E-state index contributed by atoms with van der Waals surface area (Å²) in [5.74, 6) is 0. The Morgan fingerprint density at radius 1 is 0.800 bits per heavy atom. The van der Waals surface area contributed by atoms with Crippen molar-refractivity contribution in [2.75, 3.05) is 0 Å². The van der Waals surface area contributed by atoms with Gasteiger partial charge in [-0.2, -0.15) is 0 Å². The first-order chi connectivity index (χ1) is 12.2. The van der Waals surface area contributed by atoms with E-state index in [-0.39, 0.29) is 5.56 Å². The molecular weight excluding hydrogens is 306 g/mol. The van der Waals surface area contributed by atoms with Crippen molar-refractivity contribution in [3.63, 3.8) is 0 Å². The van der Waals surface area contributed by atoms with Gasteiger partial charge in [0.25, 0.3) is 5.56 Å². The van der Waals surface area contributed by atoms with E-state index in [0.717, 1.165) is 33.2 Å². The van der Waals surface area contributed by atoms with Crippen LogP contribution in [-0.4, -0.2) is 4.57 Å². The van der Waals surface area contributed by atoms with E-state index in [4.69, 9.17) is 0 Å². The Morgan fingerprint density at radius 2 is 1.48 bits per heavy atom. The summed E-state index contributed by atoms with van der Waals surface area (Å²) in [6.45, 7) is 2.56. The lowest BCUT2D eigenvalue weighted by molar-refractivity contribution is 0.776. The topological polar surface area (TPSA) is 22.0 Å². The zero-order chi connectivity index (χ0) is 17.2. The van der Waals surface area contributed by atoms with Crippen LogP contribution in [0.5, 0.6) is 0 Å². The molecule has 0 bridgehead atoms. The third-order valence-electron chi connectivity index (χ3n) is 4.60. The Labute approximate surface area is 147 Å². The molecule has 1 aromatic heterocycles. The minimum atomic E-state index is 0.0679. The summed E-state index contributed by atoms with van der Waals surface area (Å²) in [4.78, 5) is 13.3. The molecule has 4 rings (SSSR count). The summed E-state index contributed by atoms with van der Waals surface area (Å²) in [7, 11) is 0. The third-order valence-corrected chi connectivity index (χ3v) is 4.60. The summed E-state index contributed by atoms with van der Waals surface area (Å²) in [6.07, 6.45) is 0. The minimum Gasteiger partial charge on any atom is -0.303 e. The smallest absolute Gasteiger partial charge is 0.259 e. The Balaban J connectivity index is 2.02. The molecule has 0 spiro atoms. The largest absolute Gasteiger partial charge is 0.303 e. The quantitative estimate of drug-likeness (QED) is 0.518. The van der Waals surface area contributed by atoms with Crippen LogP contribution < -0.4 is 5.56 Å². The summed E-state index contributed by atoms with van der Waals surface area (Å²) in [6, 6.07) is 28.4. The van der Waals surface area contributed by atoms with Gasteiger partial charge >= 0.3 is 0 Å². The van der Waals surface area contributed by atoms with Crippen molar-refractivity contribution >= 4 is 10.8 Å². The molecule has 0 radical (unpaired) electrons. The Kier molecular flexibility index (Phi) is 3.95. The molecule has 0 saturated carbocycles. The summed E-state index contributed by atoms with van der Waals surface area (Å²) in [5, 5.41) is 1.80. The van der Waals surface area contributed by atoms with Gasteiger partial charge in [0.2, 0.25) is 0 Å². The molecule has 0 aliphatic rings. The predicted molar refractivity (Wildman–Crippen MR) is 104 cm³/mol. The standard InChI is InChI=1S/C23H19NO/c1-17-9-8-14-20-15-21(19-12-6-3-7-13-19)24(23(25)22(17)20)16-18-10-4-2-5-11-18/h2-15H,16H2,1H3. The molecule has 0 unspecified atom stereocenters. The fraction of sp³-hybridized carbons (Fsp3) is 0.0870. The molecule has 4 aromatic rings. The van der Waals surface area contributed by atoms with Crippen LogP contribution in [0.1, 0.15) is 11.1 Å². The van der Waals surface area contributed by atoms with Gasteiger partial charge in [0.05, 0.1) is 17.6 Å². The van der Waals surface area contributed by atoms with Crippen molar-refractivity contribution in [3.8, 4) is 11.3 Å². The number of aromatic nitrogens is 1. The lowest BCUT2D eigenvalue weighted by Gasteiger charge is -2.16. The van der Waals surface area contributed by atoms with E-state index in [1.807, 2.05) is 66.1 Å². The van der Waals surface area contributed by atoms with Crippen LogP contribution in [0.4, 0.5) is 0 Å². The number of hydrogen-bond donors (Lipinski definition) is 0. The first kappa shape index (κ1) is 15.4. The summed E-state index contributed by atoms with van der Waals surface area (Å²) < 4.78 is 1.89. The molecule has 25 heavy (non-hydrogen) atoms. The maximum absolute atomic E-state index is 13.3. The maximum Gasteiger partial charge on any atom is 0.259 e. The van der Waals surface area contributed by atoms with E-state index in [1.165, 1.54) is 0 Å². The molecule has 0 N–H and O–H groups in total. The van der Waals surface area contributed by atoms with E-state index in [2.05, 4.69) is 30.3 Å². The monoisotopic (exact) mass is 325 g/mol. The zero-order valence-electron chi connectivity index (χ0n) is 14.1. The normalized spacial score (nSPS) is 10.9. The molecule has 0 atom stereocenters. The van der Waals surface area contributed by atoms with Crippen molar-refractivity contribution in [1.82, 2.24) is 4.57 Å². The fourth-order valence-corrected chi connectivity index (χ4v) is 3.34. The van der Waals surface area contributed by atoms with Gasteiger partial charge in [-0.15, -0.1) is 0 Å². The van der Waals surface area contributed by atoms with Crippen LogP contribution in [0.15, 0.2) is 89.7 Å². The first-order valence-corrected chi connectivity index (χ1v) is 8.46. The molecule has 0 aliphatic heterocycles. The average Bonchev–Trinajstić information content (AvgIpc) is 2.65. The van der Waals surface area contributed by atoms with Crippen molar-refractivity contribution in [2.45, 2.75) is 13.5 Å². The minimum absolute atomic E-state index is 0.0679. The molecule has 1 heterocycles. The summed E-state index contributed by atoms with van der Waals surface area (Å²) in [5.41, 5.74) is 4.21. The highest BCUT2D eigenvalue weighted by atomic mass is 16.1. The van der Waals surface area contributed by atoms with Crippen LogP contribution in [0.25, 0.3) is 22.0 Å². The molecule has 0 aliphatic carbocycles. The van der Waals surface area contributed by atoms with Gasteiger partial charge in [-0.1, -0.05) is 78.9 Å². The van der Waals surface area contributed by atoms with Crippen LogP contribution >= 0.6 is 0 Å². The first-order valence-electron chi connectivity index (χ1n) is 8.46. The lowest BCUT2D eigenvalue weighted by Crippen LogP contribution is -2.23. The van der Waals surface area contributed by atoms with Crippen LogP contribution in [0.2, 0.25) is 0 Å². The number of aryl methyl sites for hydroxylation is 1. The third kappa shape index (κ3) is 2.87. The second-order valence-corrected chi connectivity index (χ2v) is 6.31. The van der Waals surface area contributed by atoms with Crippen LogP contribution in [0.3, 0.4) is 0 Å². The molecule has 0 amide bonds. The predicted octanol–water partition coefficient (Wildman–Crippen LogP) is 5.03. The number of rotatable bonds is 3. The van der Waals surface area contributed by atoms with Gasteiger partial charge < -0.3 is 4.57 Å². The van der Waals surface area contributed by atoms with E-state index in [9.17, 15) is 4.79 Å². The maximum atomic E-state index is 13.3. The molecule has 0 fully saturated rings. The van der Waals surface area contributed by atoms with E-state index in [1.54, 1.807) is 0 Å². The van der Waals surface area contributed by atoms with Crippen molar-refractivity contribution in [2.24, 2.45) is 0 Å². The fourth-order valence-electron chi connectivity index (χ4n) is 3.34. The Hall–Kier alpha value is -3.13. The van der Waals surface area contributed by atoms with Crippen LogP contribution in [0, 0.1) is 6.92 Å². The molecular formula is C23H19NO. The summed E-state index contributed by atoms with van der Waals surface area (Å²) >= 11 is 0. The number of pyridine rings is 1.